The van der Waals surface area contributed by atoms with E-state index in [2.05, 4.69) is 27.0 Å². The Morgan fingerprint density at radius 3 is 2.96 bits per heavy atom. The van der Waals surface area contributed by atoms with E-state index in [1.807, 2.05) is 36.2 Å². The molecule has 1 saturated heterocycles. The van der Waals surface area contributed by atoms with Gasteiger partial charge in [-0.25, -0.2) is 9.78 Å². The second-order valence-electron chi connectivity index (χ2n) is 6.38. The first-order valence-electron chi connectivity index (χ1n) is 8.88. The molecule has 0 spiro atoms. The van der Waals surface area contributed by atoms with Crippen LogP contribution in [0.3, 0.4) is 0 Å². The number of carbonyl (C=O) groups is 1. The van der Waals surface area contributed by atoms with Gasteiger partial charge in [-0.15, -0.1) is 0 Å². The third-order valence-electron chi connectivity index (χ3n) is 4.51. The molecule has 1 aromatic carbocycles. The Morgan fingerprint density at radius 1 is 1.36 bits per heavy atom. The third-order valence-corrected chi connectivity index (χ3v) is 4.51. The molecule has 0 bridgehead atoms. The molecule has 2 heterocycles. The highest BCUT2D eigenvalue weighted by Crippen LogP contribution is 2.12. The summed E-state index contributed by atoms with van der Waals surface area (Å²) in [4.78, 5) is 18.4. The molecule has 0 aliphatic carbocycles. The normalized spacial score (nSPS) is 17.5. The van der Waals surface area contributed by atoms with Gasteiger partial charge in [0.2, 0.25) is 0 Å². The van der Waals surface area contributed by atoms with Crippen LogP contribution in [0.15, 0.2) is 42.7 Å². The Kier molecular flexibility index (Phi) is 6.06. The minimum absolute atomic E-state index is 0.00344. The zero-order valence-corrected chi connectivity index (χ0v) is 14.7. The number of amides is 2. The second-order valence-corrected chi connectivity index (χ2v) is 6.38. The summed E-state index contributed by atoms with van der Waals surface area (Å²) >= 11 is 0. The fourth-order valence-electron chi connectivity index (χ4n) is 3.10. The number of urea groups is 1. The van der Waals surface area contributed by atoms with Crippen LogP contribution in [-0.4, -0.2) is 52.8 Å². The van der Waals surface area contributed by atoms with E-state index < -0.39 is 0 Å². The molecule has 3 rings (SSSR count). The van der Waals surface area contributed by atoms with E-state index in [0.717, 1.165) is 25.2 Å². The topological polar surface area (TPSA) is 59.4 Å². The maximum Gasteiger partial charge on any atom is 0.317 e. The number of benzene rings is 1. The summed E-state index contributed by atoms with van der Waals surface area (Å²) in [7, 11) is 0. The van der Waals surface area contributed by atoms with E-state index in [4.69, 9.17) is 4.74 Å². The molecule has 6 nitrogen and oxygen atoms in total. The van der Waals surface area contributed by atoms with Crippen LogP contribution in [0.2, 0.25) is 0 Å². The maximum absolute atomic E-state index is 12.4. The second kappa shape index (κ2) is 8.67. The highest BCUT2D eigenvalue weighted by atomic mass is 16.5. The van der Waals surface area contributed by atoms with E-state index in [0.29, 0.717) is 26.2 Å². The van der Waals surface area contributed by atoms with Crippen LogP contribution < -0.4 is 5.32 Å². The standard InChI is InChI=1S/C19H26N4O2/c1-16-20-9-11-22(16)10-5-8-21-19(24)23-12-13-25-18(15-23)14-17-6-3-2-4-7-17/h2-4,6-7,9,11,18H,5,8,10,12-15H2,1H3,(H,21,24)/t18-/m0/s1. The molecule has 1 N–H and O–H groups in total. The molecule has 2 amide bonds. The summed E-state index contributed by atoms with van der Waals surface area (Å²) in [6, 6.07) is 10.3. The van der Waals surface area contributed by atoms with Gasteiger partial charge in [-0.1, -0.05) is 30.3 Å². The lowest BCUT2D eigenvalue weighted by molar-refractivity contribution is -0.0132. The van der Waals surface area contributed by atoms with Gasteiger partial charge in [0.25, 0.3) is 0 Å². The van der Waals surface area contributed by atoms with E-state index in [1.165, 1.54) is 5.56 Å². The fraction of sp³-hybridized carbons (Fsp3) is 0.474. The molecule has 1 aliphatic heterocycles. The van der Waals surface area contributed by atoms with Gasteiger partial charge in [0.05, 0.1) is 12.7 Å². The van der Waals surface area contributed by atoms with Crippen molar-refractivity contribution in [2.24, 2.45) is 0 Å². The Morgan fingerprint density at radius 2 is 2.20 bits per heavy atom. The number of aromatic nitrogens is 2. The SMILES string of the molecule is Cc1nccn1CCCNC(=O)N1CCO[C@@H](Cc2ccccc2)C1. The largest absolute Gasteiger partial charge is 0.374 e. The zero-order chi connectivity index (χ0) is 17.5. The van der Waals surface area contributed by atoms with E-state index in [9.17, 15) is 4.79 Å². The number of imidazole rings is 1. The number of hydrogen-bond donors (Lipinski definition) is 1. The van der Waals surface area contributed by atoms with Crippen molar-refractivity contribution in [1.29, 1.82) is 0 Å². The Hall–Kier alpha value is -2.34. The minimum Gasteiger partial charge on any atom is -0.374 e. The monoisotopic (exact) mass is 342 g/mol. The molecule has 0 unspecified atom stereocenters. The van der Waals surface area contributed by atoms with Crippen LogP contribution in [0.5, 0.6) is 0 Å². The molecular weight excluding hydrogens is 316 g/mol. The van der Waals surface area contributed by atoms with Crippen molar-refractivity contribution in [3.05, 3.63) is 54.1 Å². The van der Waals surface area contributed by atoms with E-state index in [-0.39, 0.29) is 12.1 Å². The lowest BCUT2D eigenvalue weighted by Gasteiger charge is -2.33. The Bertz CT molecular complexity index is 671. The third kappa shape index (κ3) is 5.06. The fourth-order valence-corrected chi connectivity index (χ4v) is 3.10. The van der Waals surface area contributed by atoms with Crippen molar-refractivity contribution in [3.63, 3.8) is 0 Å². The van der Waals surface area contributed by atoms with Crippen LogP contribution in [0.1, 0.15) is 17.8 Å². The van der Waals surface area contributed by atoms with Gasteiger partial charge < -0.3 is 19.5 Å². The van der Waals surface area contributed by atoms with Gasteiger partial charge in [-0.05, 0) is 18.9 Å². The summed E-state index contributed by atoms with van der Waals surface area (Å²) in [5.41, 5.74) is 1.24. The van der Waals surface area contributed by atoms with E-state index >= 15 is 0 Å². The van der Waals surface area contributed by atoms with Crippen LogP contribution in [0.4, 0.5) is 4.79 Å². The van der Waals surface area contributed by atoms with Gasteiger partial charge in [-0.3, -0.25) is 0 Å². The van der Waals surface area contributed by atoms with Crippen molar-refractivity contribution in [2.45, 2.75) is 32.4 Å². The molecule has 1 aromatic heterocycles. The Balaban J connectivity index is 1.40. The minimum atomic E-state index is 0.00344. The quantitative estimate of drug-likeness (QED) is 0.819. The average molecular weight is 342 g/mol. The lowest BCUT2D eigenvalue weighted by Crippen LogP contribution is -2.50. The number of hydrogen-bond acceptors (Lipinski definition) is 3. The number of aryl methyl sites for hydroxylation is 2. The number of carbonyl (C=O) groups excluding carboxylic acids is 1. The summed E-state index contributed by atoms with van der Waals surface area (Å²) in [6.07, 6.45) is 5.56. The van der Waals surface area contributed by atoms with Crippen LogP contribution in [0.25, 0.3) is 0 Å². The maximum atomic E-state index is 12.4. The summed E-state index contributed by atoms with van der Waals surface area (Å²) in [6.45, 7) is 5.40. The van der Waals surface area contributed by atoms with Crippen molar-refractivity contribution in [3.8, 4) is 0 Å². The number of ether oxygens (including phenoxy) is 1. The van der Waals surface area contributed by atoms with Gasteiger partial charge in [0.15, 0.2) is 0 Å². The average Bonchev–Trinajstić information content (AvgIpc) is 3.04. The van der Waals surface area contributed by atoms with Gasteiger partial charge in [0.1, 0.15) is 5.82 Å². The van der Waals surface area contributed by atoms with E-state index in [1.54, 1.807) is 6.20 Å². The van der Waals surface area contributed by atoms with Crippen molar-refractivity contribution < 1.29 is 9.53 Å². The first kappa shape index (κ1) is 17.5. The van der Waals surface area contributed by atoms with Gasteiger partial charge >= 0.3 is 6.03 Å². The molecule has 0 radical (unpaired) electrons. The Labute approximate surface area is 148 Å². The highest BCUT2D eigenvalue weighted by molar-refractivity contribution is 5.74. The first-order chi connectivity index (χ1) is 12.2. The van der Waals surface area contributed by atoms with Crippen molar-refractivity contribution in [2.75, 3.05) is 26.2 Å². The summed E-state index contributed by atoms with van der Waals surface area (Å²) < 4.78 is 7.91. The highest BCUT2D eigenvalue weighted by Gasteiger charge is 2.24. The van der Waals surface area contributed by atoms with Crippen molar-refractivity contribution in [1.82, 2.24) is 19.8 Å². The van der Waals surface area contributed by atoms with Gasteiger partial charge in [0, 0.05) is 45.0 Å². The molecule has 6 heteroatoms. The number of morpholine rings is 1. The predicted octanol–water partition coefficient (Wildman–Crippen LogP) is 2.23. The zero-order valence-electron chi connectivity index (χ0n) is 14.7. The molecule has 2 aromatic rings. The number of rotatable bonds is 6. The molecular formula is C19H26N4O2. The number of nitrogens with zero attached hydrogens (tertiary/aromatic N) is 3. The van der Waals surface area contributed by atoms with Crippen LogP contribution >= 0.6 is 0 Å². The number of nitrogens with one attached hydrogen (secondary N) is 1. The first-order valence-corrected chi connectivity index (χ1v) is 8.88. The summed E-state index contributed by atoms with van der Waals surface area (Å²) in [5.74, 6) is 1.00. The predicted molar refractivity (Wildman–Crippen MR) is 96.4 cm³/mol. The van der Waals surface area contributed by atoms with Crippen LogP contribution in [-0.2, 0) is 17.7 Å². The molecule has 25 heavy (non-hydrogen) atoms. The van der Waals surface area contributed by atoms with Gasteiger partial charge in [-0.2, -0.15) is 0 Å². The summed E-state index contributed by atoms with van der Waals surface area (Å²) in [5, 5.41) is 3.02. The lowest BCUT2D eigenvalue weighted by atomic mass is 10.1. The van der Waals surface area contributed by atoms with Crippen molar-refractivity contribution >= 4 is 6.03 Å². The molecule has 134 valence electrons. The molecule has 1 atom stereocenters. The smallest absolute Gasteiger partial charge is 0.317 e. The molecule has 1 fully saturated rings. The molecule has 0 saturated carbocycles. The van der Waals surface area contributed by atoms with Crippen LogP contribution in [0, 0.1) is 6.92 Å². The molecule has 1 aliphatic rings.